The molecule has 6 nitrogen and oxygen atoms in total. The molecule has 0 spiro atoms. The molecular formula is C14H16N4O2. The first kappa shape index (κ1) is 13.8. The molecule has 104 valence electrons. The summed E-state index contributed by atoms with van der Waals surface area (Å²) in [6, 6.07) is 7.04. The molecule has 3 N–H and O–H groups in total. The fourth-order valence-electron chi connectivity index (χ4n) is 2.00. The van der Waals surface area contributed by atoms with E-state index in [2.05, 4.69) is 10.4 Å². The number of rotatable bonds is 2. The summed E-state index contributed by atoms with van der Waals surface area (Å²) < 4.78 is 1.20. The maximum Gasteiger partial charge on any atom is 0.289 e. The number of nitrogens with zero attached hydrogens (tertiary/aromatic N) is 2. The molecule has 0 fully saturated rings. The van der Waals surface area contributed by atoms with Gasteiger partial charge in [0, 0.05) is 25.2 Å². The molecule has 0 unspecified atom stereocenters. The minimum Gasteiger partial charge on any atom is -0.394 e. The van der Waals surface area contributed by atoms with Gasteiger partial charge in [0.15, 0.2) is 0 Å². The van der Waals surface area contributed by atoms with Crippen LogP contribution in [0, 0.1) is 6.92 Å². The molecule has 0 saturated heterocycles. The molecule has 0 aliphatic rings. The summed E-state index contributed by atoms with van der Waals surface area (Å²) in [5.41, 5.74) is 8.49. The second-order valence-electron chi connectivity index (χ2n) is 4.57. The molecule has 0 atom stereocenters. The number of carbonyl (C=O) groups excluding carboxylic acids is 1. The summed E-state index contributed by atoms with van der Waals surface area (Å²) in [5, 5.41) is 6.95. The molecule has 1 heterocycles. The monoisotopic (exact) mass is 272 g/mol. The Balaban J connectivity index is 2.59. The molecule has 20 heavy (non-hydrogen) atoms. The van der Waals surface area contributed by atoms with Crippen LogP contribution >= 0.6 is 0 Å². The molecule has 0 radical (unpaired) electrons. The van der Waals surface area contributed by atoms with Crippen LogP contribution in [0.3, 0.4) is 0 Å². The van der Waals surface area contributed by atoms with Crippen molar-refractivity contribution < 1.29 is 4.79 Å². The van der Waals surface area contributed by atoms with Gasteiger partial charge in [-0.15, -0.1) is 0 Å². The molecule has 1 aromatic carbocycles. The van der Waals surface area contributed by atoms with Crippen molar-refractivity contribution in [3.63, 3.8) is 0 Å². The van der Waals surface area contributed by atoms with Gasteiger partial charge < -0.3 is 11.1 Å². The van der Waals surface area contributed by atoms with E-state index in [-0.39, 0.29) is 17.2 Å². The van der Waals surface area contributed by atoms with E-state index in [9.17, 15) is 9.59 Å². The van der Waals surface area contributed by atoms with E-state index in [1.54, 1.807) is 13.1 Å². The highest BCUT2D eigenvalue weighted by molar-refractivity contribution is 5.91. The second kappa shape index (κ2) is 5.16. The van der Waals surface area contributed by atoms with Gasteiger partial charge in [-0.1, -0.05) is 12.1 Å². The van der Waals surface area contributed by atoms with Crippen LogP contribution in [-0.4, -0.2) is 15.7 Å². The highest BCUT2D eigenvalue weighted by atomic mass is 16.1. The van der Waals surface area contributed by atoms with Crippen LogP contribution in [0.1, 0.15) is 12.5 Å². The number of nitrogens with two attached hydrogens (primary N) is 1. The Bertz CT molecular complexity index is 708. The zero-order valence-electron chi connectivity index (χ0n) is 11.6. The molecule has 2 rings (SSSR count). The number of aromatic nitrogens is 2. The van der Waals surface area contributed by atoms with E-state index in [1.807, 2.05) is 25.1 Å². The highest BCUT2D eigenvalue weighted by Gasteiger charge is 2.11. The average molecular weight is 272 g/mol. The normalized spacial score (nSPS) is 10.3. The molecule has 0 aliphatic carbocycles. The number of amides is 1. The van der Waals surface area contributed by atoms with Crippen molar-refractivity contribution in [1.29, 1.82) is 0 Å². The quantitative estimate of drug-likeness (QED) is 0.862. The highest BCUT2D eigenvalue weighted by Crippen LogP contribution is 2.27. The minimum atomic E-state index is -0.329. The summed E-state index contributed by atoms with van der Waals surface area (Å²) >= 11 is 0. The van der Waals surface area contributed by atoms with Crippen molar-refractivity contribution in [2.75, 3.05) is 11.1 Å². The molecule has 0 saturated carbocycles. The van der Waals surface area contributed by atoms with Gasteiger partial charge in [0.25, 0.3) is 5.56 Å². The second-order valence-corrected chi connectivity index (χ2v) is 4.57. The van der Waals surface area contributed by atoms with Crippen LogP contribution in [0.5, 0.6) is 0 Å². The first-order chi connectivity index (χ1) is 9.40. The summed E-state index contributed by atoms with van der Waals surface area (Å²) in [6.07, 6.45) is 0. The van der Waals surface area contributed by atoms with Gasteiger partial charge in [-0.2, -0.15) is 5.10 Å². The number of hydrogen-bond donors (Lipinski definition) is 2. The lowest BCUT2D eigenvalue weighted by Gasteiger charge is -2.12. The Hall–Kier alpha value is -2.63. The summed E-state index contributed by atoms with van der Waals surface area (Å²) in [4.78, 5) is 22.7. The Labute approximate surface area is 116 Å². The van der Waals surface area contributed by atoms with Crippen molar-refractivity contribution in [2.24, 2.45) is 7.05 Å². The maximum atomic E-state index is 11.6. The van der Waals surface area contributed by atoms with Crippen molar-refractivity contribution in [3.8, 4) is 11.3 Å². The molecule has 2 aromatic rings. The van der Waals surface area contributed by atoms with Crippen LogP contribution in [0.2, 0.25) is 0 Å². The Kier molecular flexibility index (Phi) is 3.56. The number of nitrogen functional groups attached to an aromatic ring is 1. The lowest BCUT2D eigenvalue weighted by Crippen LogP contribution is -2.22. The maximum absolute atomic E-state index is 11.6. The molecule has 1 aromatic heterocycles. The topological polar surface area (TPSA) is 90.0 Å². The molecule has 1 amide bonds. The Morgan fingerprint density at radius 2 is 2.10 bits per heavy atom. The van der Waals surface area contributed by atoms with Gasteiger partial charge in [0.2, 0.25) is 5.91 Å². The summed E-state index contributed by atoms with van der Waals surface area (Å²) in [5.74, 6) is -0.141. The van der Waals surface area contributed by atoms with Gasteiger partial charge in [-0.25, -0.2) is 4.68 Å². The zero-order chi connectivity index (χ0) is 14.9. The lowest BCUT2D eigenvalue weighted by molar-refractivity contribution is -0.114. The first-order valence-electron chi connectivity index (χ1n) is 6.11. The van der Waals surface area contributed by atoms with Crippen LogP contribution in [0.25, 0.3) is 11.3 Å². The van der Waals surface area contributed by atoms with E-state index in [1.165, 1.54) is 11.6 Å². The lowest BCUT2D eigenvalue weighted by atomic mass is 10.0. The van der Waals surface area contributed by atoms with Crippen molar-refractivity contribution >= 4 is 17.3 Å². The smallest absolute Gasteiger partial charge is 0.289 e. The number of hydrogen-bond acceptors (Lipinski definition) is 4. The fraction of sp³-hybridized carbons (Fsp3) is 0.214. The molecular weight excluding hydrogens is 256 g/mol. The number of benzene rings is 1. The number of carbonyl (C=O) groups is 1. The predicted molar refractivity (Wildman–Crippen MR) is 78.4 cm³/mol. The van der Waals surface area contributed by atoms with Gasteiger partial charge in [-0.05, 0) is 24.6 Å². The van der Waals surface area contributed by atoms with Crippen LogP contribution in [0.15, 0.2) is 29.1 Å². The number of aryl methyl sites for hydroxylation is 1. The zero-order valence-corrected chi connectivity index (χ0v) is 11.6. The fourth-order valence-corrected chi connectivity index (χ4v) is 2.00. The molecule has 6 heteroatoms. The van der Waals surface area contributed by atoms with Gasteiger partial charge >= 0.3 is 0 Å². The molecule has 0 aliphatic heterocycles. The van der Waals surface area contributed by atoms with E-state index in [0.29, 0.717) is 11.4 Å². The summed E-state index contributed by atoms with van der Waals surface area (Å²) in [6.45, 7) is 3.33. The third-order valence-electron chi connectivity index (χ3n) is 3.01. The van der Waals surface area contributed by atoms with Crippen molar-refractivity contribution in [1.82, 2.24) is 9.78 Å². The van der Waals surface area contributed by atoms with Gasteiger partial charge in [0.05, 0.1) is 5.69 Å². The number of nitrogens with one attached hydrogen (secondary N) is 1. The number of anilines is 2. The van der Waals surface area contributed by atoms with E-state index in [4.69, 9.17) is 5.73 Å². The third kappa shape index (κ3) is 2.54. The largest absolute Gasteiger partial charge is 0.394 e. The van der Waals surface area contributed by atoms with Crippen molar-refractivity contribution in [2.45, 2.75) is 13.8 Å². The van der Waals surface area contributed by atoms with E-state index < -0.39 is 0 Å². The van der Waals surface area contributed by atoms with Crippen LogP contribution < -0.4 is 16.6 Å². The van der Waals surface area contributed by atoms with Crippen LogP contribution in [-0.2, 0) is 11.8 Å². The molecule has 0 bridgehead atoms. The van der Waals surface area contributed by atoms with E-state index >= 15 is 0 Å². The average Bonchev–Trinajstić information content (AvgIpc) is 2.37. The minimum absolute atomic E-state index is 0.141. The predicted octanol–water partition coefficient (Wildman–Crippen LogP) is 1.30. The van der Waals surface area contributed by atoms with Gasteiger partial charge in [0.1, 0.15) is 5.69 Å². The third-order valence-corrected chi connectivity index (χ3v) is 3.01. The van der Waals surface area contributed by atoms with Crippen molar-refractivity contribution in [3.05, 3.63) is 40.2 Å². The van der Waals surface area contributed by atoms with Crippen LogP contribution in [0.4, 0.5) is 11.4 Å². The first-order valence-corrected chi connectivity index (χ1v) is 6.11. The summed E-state index contributed by atoms with van der Waals surface area (Å²) in [7, 11) is 1.55. The van der Waals surface area contributed by atoms with Gasteiger partial charge in [-0.3, -0.25) is 9.59 Å². The Morgan fingerprint density at radius 1 is 1.40 bits per heavy atom. The Morgan fingerprint density at radius 3 is 2.70 bits per heavy atom. The van der Waals surface area contributed by atoms with E-state index in [0.717, 1.165) is 11.1 Å². The SMILES string of the molecule is CC(=O)Nc1cccc(-c2cc(N)c(=O)n(C)n2)c1C. The standard InChI is InChI=1S/C14H16N4O2/c1-8-10(5-4-6-12(8)16-9(2)19)13-7-11(15)14(20)18(3)17-13/h4-7H,15H2,1-3H3,(H,16,19).